The lowest BCUT2D eigenvalue weighted by molar-refractivity contribution is 0.177. The normalized spacial score (nSPS) is 16.5. The topological polar surface area (TPSA) is 85.2 Å². The van der Waals surface area contributed by atoms with E-state index in [-0.39, 0.29) is 12.1 Å². The van der Waals surface area contributed by atoms with E-state index in [0.717, 1.165) is 24.2 Å². The number of nitrogens with zero attached hydrogens (tertiary/aromatic N) is 5. The Bertz CT molecular complexity index is 723. The van der Waals surface area contributed by atoms with Gasteiger partial charge in [0.25, 0.3) is 0 Å². The van der Waals surface area contributed by atoms with Crippen LogP contribution in [-0.2, 0) is 7.05 Å². The number of methoxy groups -OCH3 is 1. The lowest BCUT2D eigenvalue weighted by Crippen LogP contribution is -2.45. The number of nitrogens with one attached hydrogen (secondary N) is 1. The summed E-state index contributed by atoms with van der Waals surface area (Å²) in [6, 6.07) is 1.66. The van der Waals surface area contributed by atoms with Gasteiger partial charge in [-0.15, -0.1) is 10.2 Å². The summed E-state index contributed by atoms with van der Waals surface area (Å²) < 4.78 is 7.27. The lowest BCUT2D eigenvalue weighted by Gasteiger charge is -2.32. The van der Waals surface area contributed by atoms with Crippen molar-refractivity contribution in [3.05, 3.63) is 36.2 Å². The monoisotopic (exact) mass is 344 g/mol. The largest absolute Gasteiger partial charge is 0.495 e. The van der Waals surface area contributed by atoms with Gasteiger partial charge in [0, 0.05) is 37.8 Å². The van der Waals surface area contributed by atoms with Crippen LogP contribution in [0.15, 0.2) is 24.8 Å². The Hall–Kier alpha value is -2.64. The Morgan fingerprint density at radius 1 is 1.40 bits per heavy atom. The van der Waals surface area contributed by atoms with Crippen LogP contribution in [0.25, 0.3) is 0 Å². The van der Waals surface area contributed by atoms with Gasteiger partial charge in [0.15, 0.2) is 0 Å². The minimum atomic E-state index is -0.151. The van der Waals surface area contributed by atoms with Gasteiger partial charge in [-0.2, -0.15) is 0 Å². The van der Waals surface area contributed by atoms with Crippen LogP contribution in [-0.4, -0.2) is 50.9 Å². The van der Waals surface area contributed by atoms with Crippen LogP contribution in [0.2, 0.25) is 0 Å². The van der Waals surface area contributed by atoms with Gasteiger partial charge in [0.1, 0.15) is 17.9 Å². The third-order valence-corrected chi connectivity index (χ3v) is 4.74. The number of carbonyl (C=O) groups excluding carboxylic acids is 1. The molecule has 8 heteroatoms. The van der Waals surface area contributed by atoms with E-state index in [2.05, 4.69) is 20.5 Å². The summed E-state index contributed by atoms with van der Waals surface area (Å²) in [5, 5.41) is 11.2. The third kappa shape index (κ3) is 3.72. The summed E-state index contributed by atoms with van der Waals surface area (Å²) in [5.41, 5.74) is 0.917. The molecule has 8 nitrogen and oxygen atoms in total. The molecular formula is C17H24N6O2. The minimum Gasteiger partial charge on any atom is -0.495 e. The highest BCUT2D eigenvalue weighted by Gasteiger charge is 2.27. The van der Waals surface area contributed by atoms with Crippen LogP contribution in [0.3, 0.4) is 0 Å². The second-order valence-corrected chi connectivity index (χ2v) is 6.35. The fourth-order valence-corrected chi connectivity index (χ4v) is 3.28. The first kappa shape index (κ1) is 17.2. The predicted molar refractivity (Wildman–Crippen MR) is 92.3 cm³/mol. The summed E-state index contributed by atoms with van der Waals surface area (Å²) in [5.74, 6) is 2.03. The first-order valence-corrected chi connectivity index (χ1v) is 8.47. The highest BCUT2D eigenvalue weighted by molar-refractivity contribution is 5.75. The Balaban J connectivity index is 1.57. The van der Waals surface area contributed by atoms with Gasteiger partial charge in [0.05, 0.1) is 19.3 Å². The zero-order valence-corrected chi connectivity index (χ0v) is 14.8. The second-order valence-electron chi connectivity index (χ2n) is 6.35. The molecule has 2 aromatic heterocycles. The molecule has 3 heterocycles. The van der Waals surface area contributed by atoms with Crippen LogP contribution >= 0.6 is 0 Å². The molecule has 0 saturated carbocycles. The fraction of sp³-hybridized carbons (Fsp3) is 0.529. The number of pyridine rings is 1. The van der Waals surface area contributed by atoms with Crippen molar-refractivity contribution in [1.29, 1.82) is 0 Å². The quantitative estimate of drug-likeness (QED) is 0.915. The van der Waals surface area contributed by atoms with Gasteiger partial charge in [-0.3, -0.25) is 4.98 Å². The number of rotatable bonds is 4. The van der Waals surface area contributed by atoms with E-state index >= 15 is 0 Å². The van der Waals surface area contributed by atoms with E-state index in [4.69, 9.17) is 4.74 Å². The van der Waals surface area contributed by atoms with Crippen molar-refractivity contribution in [1.82, 2.24) is 30.0 Å². The minimum absolute atomic E-state index is 0.0530. The number of hydrogen-bond donors (Lipinski definition) is 1. The van der Waals surface area contributed by atoms with E-state index in [1.54, 1.807) is 25.8 Å². The molecule has 2 amide bonds. The summed E-state index contributed by atoms with van der Waals surface area (Å²) in [4.78, 5) is 18.5. The number of carbonyl (C=O) groups is 1. The van der Waals surface area contributed by atoms with E-state index < -0.39 is 0 Å². The van der Waals surface area contributed by atoms with Crippen LogP contribution in [0.5, 0.6) is 5.75 Å². The maximum atomic E-state index is 12.6. The number of hydrogen-bond acceptors (Lipinski definition) is 5. The molecule has 3 rings (SSSR count). The molecule has 0 spiro atoms. The molecule has 1 N–H and O–H groups in total. The van der Waals surface area contributed by atoms with Gasteiger partial charge in [-0.25, -0.2) is 4.79 Å². The standard InChI is InChI=1S/C17H24N6O2/c1-12(14-4-7-18-10-15(14)25-3)20-17(24)23-8-5-13(6-9-23)16-21-19-11-22(16)2/h4,7,10-13H,5-6,8-9H2,1-3H3,(H,20,24)/t12-/m0/s1. The second kappa shape index (κ2) is 7.50. The molecule has 0 aromatic carbocycles. The van der Waals surface area contributed by atoms with Crippen molar-refractivity contribution >= 4 is 6.03 Å². The third-order valence-electron chi connectivity index (χ3n) is 4.74. The first-order chi connectivity index (χ1) is 12.1. The Morgan fingerprint density at radius 3 is 2.80 bits per heavy atom. The number of aromatic nitrogens is 4. The highest BCUT2D eigenvalue weighted by Crippen LogP contribution is 2.27. The van der Waals surface area contributed by atoms with Crippen molar-refractivity contribution in [3.63, 3.8) is 0 Å². The molecule has 0 bridgehead atoms. The van der Waals surface area contributed by atoms with Gasteiger partial charge < -0.3 is 19.5 Å². The molecule has 1 saturated heterocycles. The van der Waals surface area contributed by atoms with Crippen molar-refractivity contribution in [2.75, 3.05) is 20.2 Å². The average molecular weight is 344 g/mol. The predicted octanol–water partition coefficient (Wildman–Crippen LogP) is 1.87. The Morgan fingerprint density at radius 2 is 2.16 bits per heavy atom. The molecule has 0 radical (unpaired) electrons. The SMILES string of the molecule is COc1cnccc1[C@H](C)NC(=O)N1CCC(c2nncn2C)CC1. The molecule has 1 fully saturated rings. The van der Waals surface area contributed by atoms with Crippen LogP contribution in [0.4, 0.5) is 4.79 Å². The van der Waals surface area contributed by atoms with Gasteiger partial charge in [0.2, 0.25) is 0 Å². The molecule has 134 valence electrons. The number of piperidine rings is 1. The fourth-order valence-electron chi connectivity index (χ4n) is 3.28. The Kier molecular flexibility index (Phi) is 5.16. The average Bonchev–Trinajstić information content (AvgIpc) is 3.07. The van der Waals surface area contributed by atoms with E-state index in [1.807, 2.05) is 29.5 Å². The zero-order chi connectivity index (χ0) is 17.8. The van der Waals surface area contributed by atoms with Crippen molar-refractivity contribution in [2.45, 2.75) is 31.7 Å². The first-order valence-electron chi connectivity index (χ1n) is 8.47. The molecule has 1 aliphatic rings. The summed E-state index contributed by atoms with van der Waals surface area (Å²) in [7, 11) is 3.56. The maximum Gasteiger partial charge on any atom is 0.317 e. The molecule has 0 aliphatic carbocycles. The van der Waals surface area contributed by atoms with E-state index in [1.165, 1.54) is 0 Å². The summed E-state index contributed by atoms with van der Waals surface area (Å²) in [6.07, 6.45) is 6.87. The lowest BCUT2D eigenvalue weighted by atomic mass is 9.96. The maximum absolute atomic E-state index is 12.6. The molecular weight excluding hydrogens is 320 g/mol. The number of amides is 2. The van der Waals surface area contributed by atoms with Crippen LogP contribution in [0, 0.1) is 0 Å². The van der Waals surface area contributed by atoms with Crippen molar-refractivity contribution < 1.29 is 9.53 Å². The summed E-state index contributed by atoms with van der Waals surface area (Å²) in [6.45, 7) is 3.37. The Labute approximate surface area is 147 Å². The molecule has 25 heavy (non-hydrogen) atoms. The van der Waals surface area contributed by atoms with Crippen LogP contribution < -0.4 is 10.1 Å². The van der Waals surface area contributed by atoms with E-state index in [9.17, 15) is 4.79 Å². The zero-order valence-electron chi connectivity index (χ0n) is 14.8. The number of aryl methyl sites for hydroxylation is 1. The van der Waals surface area contributed by atoms with Gasteiger partial charge >= 0.3 is 6.03 Å². The molecule has 2 aromatic rings. The smallest absolute Gasteiger partial charge is 0.317 e. The van der Waals surface area contributed by atoms with Crippen molar-refractivity contribution in [2.24, 2.45) is 7.05 Å². The summed E-state index contributed by atoms with van der Waals surface area (Å²) >= 11 is 0. The number of likely N-dealkylation sites (tertiary alicyclic amines) is 1. The molecule has 1 aliphatic heterocycles. The van der Waals surface area contributed by atoms with Crippen molar-refractivity contribution in [3.8, 4) is 5.75 Å². The van der Waals surface area contributed by atoms with Crippen LogP contribution in [0.1, 0.15) is 43.1 Å². The van der Waals surface area contributed by atoms with Gasteiger partial charge in [-0.05, 0) is 25.8 Å². The highest BCUT2D eigenvalue weighted by atomic mass is 16.5. The number of urea groups is 1. The number of ether oxygens (including phenoxy) is 1. The van der Waals surface area contributed by atoms with E-state index in [0.29, 0.717) is 24.8 Å². The molecule has 1 atom stereocenters. The van der Waals surface area contributed by atoms with Gasteiger partial charge in [-0.1, -0.05) is 0 Å². The molecule has 0 unspecified atom stereocenters.